The van der Waals surface area contributed by atoms with Gasteiger partial charge in [-0.15, -0.1) is 12.6 Å². The molecule has 0 atom stereocenters. The number of carboxylic acids is 4. The number of nitrogens with zero attached hydrogens (tertiary/aromatic N) is 8. The van der Waals surface area contributed by atoms with Crippen molar-refractivity contribution in [3.8, 4) is 0 Å². The van der Waals surface area contributed by atoms with E-state index in [4.69, 9.17) is 0 Å². The van der Waals surface area contributed by atoms with Crippen molar-refractivity contribution in [1.82, 2.24) is 29.9 Å². The predicted octanol–water partition coefficient (Wildman–Crippen LogP) is 3.18. The zero-order valence-corrected chi connectivity index (χ0v) is 39.9. The minimum atomic E-state index is -5.12. The third-order valence-corrected chi connectivity index (χ3v) is 12.2. The van der Waals surface area contributed by atoms with Gasteiger partial charge < -0.3 is 51.5 Å². The fourth-order valence-electron chi connectivity index (χ4n) is 6.18. The Balaban J connectivity index is 1.34. The molecule has 0 bridgehead atoms. The van der Waals surface area contributed by atoms with E-state index in [0.717, 1.165) is 58.4 Å². The number of thiol groups is 1. The number of hydrogen-bond donors (Lipinski definition) is 12. The topological polar surface area (TPSA) is 444 Å². The van der Waals surface area contributed by atoms with Crippen LogP contribution in [0, 0.1) is 0 Å². The second kappa shape index (κ2) is 22.2. The Labute approximate surface area is 417 Å². The fourth-order valence-corrected chi connectivity index (χ4v) is 8.23. The van der Waals surface area contributed by atoms with Gasteiger partial charge in [0.1, 0.15) is 36.0 Å². The van der Waals surface area contributed by atoms with E-state index < -0.39 is 113 Å². The Bertz CT molecular complexity index is 3470. The van der Waals surface area contributed by atoms with E-state index in [1.807, 2.05) is 0 Å². The summed E-state index contributed by atoms with van der Waals surface area (Å²) in [7, 11) is -14.8. The maximum atomic E-state index is 12.8. The second-order valence-electron chi connectivity index (χ2n) is 14.7. The monoisotopic (exact) mass is 1080 g/mol. The maximum Gasteiger partial charge on any atom is 0.323 e. The zero-order valence-electron chi connectivity index (χ0n) is 36.5. The van der Waals surface area contributed by atoms with Crippen LogP contribution in [-0.4, -0.2) is 139 Å². The summed E-state index contributed by atoms with van der Waals surface area (Å²) in [5, 5.41) is 48.8. The number of nitrogens with one attached hydrogen (secondary N) is 4. The number of hydrogen-bond acceptors (Lipinski definition) is 23. The van der Waals surface area contributed by atoms with Crippen molar-refractivity contribution in [3.05, 3.63) is 96.1 Å². The molecule has 0 saturated heterocycles. The first kappa shape index (κ1) is 53.7. The van der Waals surface area contributed by atoms with Crippen LogP contribution in [0.4, 0.5) is 58.4 Å². The fraction of sp³-hybridized carbons (Fsp3) is 0.100. The van der Waals surface area contributed by atoms with Gasteiger partial charge >= 0.3 is 23.9 Å². The van der Waals surface area contributed by atoms with Gasteiger partial charge in [0.25, 0.3) is 30.4 Å². The van der Waals surface area contributed by atoms with Crippen LogP contribution in [0.25, 0.3) is 12.2 Å². The van der Waals surface area contributed by atoms with Gasteiger partial charge in [-0.05, 0) is 83.9 Å². The molecule has 0 fully saturated rings. The summed E-state index contributed by atoms with van der Waals surface area (Å²) in [5.41, 5.74) is -0.228. The first-order chi connectivity index (χ1) is 34.2. The van der Waals surface area contributed by atoms with Crippen LogP contribution in [0.2, 0.25) is 0 Å². The average Bonchev–Trinajstić information content (AvgIpc) is 3.27. The van der Waals surface area contributed by atoms with E-state index in [1.165, 1.54) is 24.3 Å². The molecule has 11 N–H and O–H groups in total. The first-order valence-electron chi connectivity index (χ1n) is 19.9. The molecule has 6 rings (SSSR count). The molecule has 0 radical (unpaired) electrons. The van der Waals surface area contributed by atoms with Crippen molar-refractivity contribution in [3.63, 3.8) is 0 Å². The zero-order chi connectivity index (χ0) is 53.4. The standard InChI is InChI=1S/C40H36N12O17S4/c53-31(54)17-51(18-32(55)56)39-47-35(41-23-7-11-27(70)12-8-23)45-37(49-39)43-25-5-3-21(29(15-25)72(64,65)66)1-2-22-4-6-26(16-30(22)73(67,68)69)44-38-46-36(42-24-9-13-28(14-10-24)71(61,62)63)48-40(50-38)52(19-33(57)58)20-34(59)60/h1-16,70H,17-20H2,(H,53,54)(H,55,56)(H,57,58)(H,59,60)(H,61,62,63)(H,64,65,66)(H,67,68,69)(H2,41,43,45,47,49)(H2,42,44,46,48,50). The van der Waals surface area contributed by atoms with Crippen LogP contribution in [0.3, 0.4) is 0 Å². The van der Waals surface area contributed by atoms with Gasteiger partial charge in [0.05, 0.1) is 4.90 Å². The maximum absolute atomic E-state index is 12.8. The largest absolute Gasteiger partial charge is 0.480 e. The Hall–Kier alpha value is -8.60. The van der Waals surface area contributed by atoms with E-state index in [1.54, 1.807) is 24.3 Å². The molecule has 0 saturated carbocycles. The molecule has 0 unspecified atom stereocenters. The Morgan fingerprint density at radius 2 is 0.753 bits per heavy atom. The van der Waals surface area contributed by atoms with E-state index >= 15 is 0 Å². The number of rotatable bonds is 23. The van der Waals surface area contributed by atoms with Gasteiger partial charge in [-0.2, -0.15) is 55.2 Å². The average molecular weight is 1090 g/mol. The smallest absolute Gasteiger partial charge is 0.323 e. The number of anilines is 10. The molecule has 0 aliphatic heterocycles. The minimum Gasteiger partial charge on any atom is -0.480 e. The molecule has 4 aromatic carbocycles. The van der Waals surface area contributed by atoms with E-state index in [-0.39, 0.29) is 46.0 Å². The van der Waals surface area contributed by atoms with Crippen LogP contribution in [-0.2, 0) is 49.5 Å². The van der Waals surface area contributed by atoms with Crippen molar-refractivity contribution in [2.75, 3.05) is 57.2 Å². The lowest BCUT2D eigenvalue weighted by molar-refractivity contribution is -0.138. The number of aliphatic carboxylic acids is 4. The number of benzene rings is 4. The van der Waals surface area contributed by atoms with Crippen LogP contribution in [0.5, 0.6) is 0 Å². The SMILES string of the molecule is O=C(O)CN(CC(=O)O)c1nc(Nc2ccc(S)cc2)nc(Nc2ccc(C=Cc3ccc(Nc4nc(Nc5ccc(S(=O)(=O)O)cc5)nc(N(CC(=O)O)CC(=O)O)n4)cc3S(=O)(=O)O)c(S(=O)(=O)O)c2)n1. The number of aromatic nitrogens is 6. The van der Waals surface area contributed by atoms with Gasteiger partial charge in [0, 0.05) is 27.6 Å². The van der Waals surface area contributed by atoms with E-state index in [2.05, 4.69) is 63.8 Å². The number of carboxylic acid groups (broad SMARTS) is 4. The lowest BCUT2D eigenvalue weighted by atomic mass is 10.1. The highest BCUT2D eigenvalue weighted by Crippen LogP contribution is 2.30. The molecule has 0 spiro atoms. The highest BCUT2D eigenvalue weighted by atomic mass is 32.2. The quantitative estimate of drug-likeness (QED) is 0.0249. The Morgan fingerprint density at radius 3 is 1.05 bits per heavy atom. The van der Waals surface area contributed by atoms with Crippen LogP contribution >= 0.6 is 12.6 Å². The lowest BCUT2D eigenvalue weighted by Crippen LogP contribution is -2.36. The molecule has 2 heterocycles. The van der Waals surface area contributed by atoms with E-state index in [0.29, 0.717) is 10.6 Å². The van der Waals surface area contributed by atoms with Gasteiger partial charge in [0.2, 0.25) is 35.7 Å². The molecule has 2 aromatic heterocycles. The summed E-state index contributed by atoms with van der Waals surface area (Å²) in [5.74, 6) is -8.20. The molecule has 382 valence electrons. The summed E-state index contributed by atoms with van der Waals surface area (Å²) < 4.78 is 104. The Kier molecular flexibility index (Phi) is 16.4. The summed E-state index contributed by atoms with van der Waals surface area (Å²) in [6.07, 6.45) is 2.13. The molecule has 0 aliphatic carbocycles. The van der Waals surface area contributed by atoms with Gasteiger partial charge in [-0.25, -0.2) is 0 Å². The number of carbonyl (C=O) groups is 4. The summed E-state index contributed by atoms with van der Waals surface area (Å²) >= 11 is 4.23. The van der Waals surface area contributed by atoms with E-state index in [9.17, 15) is 78.5 Å². The molecule has 0 aliphatic rings. The van der Waals surface area contributed by atoms with Gasteiger partial charge in [0.15, 0.2) is 0 Å². The van der Waals surface area contributed by atoms with Crippen molar-refractivity contribution in [2.24, 2.45) is 0 Å². The van der Waals surface area contributed by atoms with Crippen molar-refractivity contribution in [1.29, 1.82) is 0 Å². The van der Waals surface area contributed by atoms with Crippen molar-refractivity contribution in [2.45, 2.75) is 19.6 Å². The van der Waals surface area contributed by atoms with Gasteiger partial charge in [-0.1, -0.05) is 24.3 Å². The molecule has 6 aromatic rings. The van der Waals surface area contributed by atoms with Crippen LogP contribution in [0.15, 0.2) is 105 Å². The van der Waals surface area contributed by atoms with Crippen LogP contribution in [0.1, 0.15) is 11.1 Å². The molecule has 0 amide bonds. The van der Waals surface area contributed by atoms with Crippen LogP contribution < -0.4 is 31.1 Å². The highest BCUT2D eigenvalue weighted by Gasteiger charge is 2.24. The summed E-state index contributed by atoms with van der Waals surface area (Å²) in [4.78, 5) is 71.5. The minimum absolute atomic E-state index is 0.103. The molecular weight excluding hydrogens is 1050 g/mol. The summed E-state index contributed by atoms with van der Waals surface area (Å²) in [6.45, 7) is -3.57. The normalized spacial score (nSPS) is 11.7. The van der Waals surface area contributed by atoms with Crippen molar-refractivity contribution < 1.29 is 78.5 Å². The third kappa shape index (κ3) is 15.4. The van der Waals surface area contributed by atoms with Crippen molar-refractivity contribution >= 4 is 137 Å². The third-order valence-electron chi connectivity index (χ3n) is 9.19. The Morgan fingerprint density at radius 1 is 0.452 bits per heavy atom. The first-order valence-corrected chi connectivity index (χ1v) is 24.7. The predicted molar refractivity (Wildman–Crippen MR) is 259 cm³/mol. The molecular formula is C40H36N12O17S4. The molecule has 29 nitrogen and oxygen atoms in total. The second-order valence-corrected chi connectivity index (χ2v) is 19.4. The highest BCUT2D eigenvalue weighted by molar-refractivity contribution is 7.86. The van der Waals surface area contributed by atoms with Gasteiger partial charge in [-0.3, -0.25) is 32.8 Å². The lowest BCUT2D eigenvalue weighted by Gasteiger charge is -2.20. The molecule has 33 heteroatoms. The molecule has 73 heavy (non-hydrogen) atoms. The summed E-state index contributed by atoms with van der Waals surface area (Å²) in [6, 6.07) is 17.5.